The number of nitrogens with zero attached hydrogens (tertiary/aromatic N) is 2. The van der Waals surface area contributed by atoms with Crippen molar-refractivity contribution in [3.63, 3.8) is 0 Å². The van der Waals surface area contributed by atoms with Crippen molar-refractivity contribution in [3.8, 4) is 0 Å². The number of rotatable bonds is 5. The molecule has 0 fully saturated rings. The predicted molar refractivity (Wildman–Crippen MR) is 70.5 cm³/mol. The van der Waals surface area contributed by atoms with Gasteiger partial charge in [0, 0.05) is 24.0 Å². The maximum absolute atomic E-state index is 8.46. The van der Waals surface area contributed by atoms with E-state index in [1.165, 1.54) is 5.56 Å². The van der Waals surface area contributed by atoms with Crippen LogP contribution in [0.25, 0.3) is 0 Å². The molecular weight excluding hydrogens is 238 g/mol. The maximum Gasteiger partial charge on any atom is 0.140 e. The van der Waals surface area contributed by atoms with Crippen molar-refractivity contribution in [2.24, 2.45) is 10.9 Å². The molecule has 4 nitrogen and oxygen atoms in total. The molecule has 1 unspecified atom stereocenters. The van der Waals surface area contributed by atoms with E-state index in [0.717, 1.165) is 11.6 Å². The summed E-state index contributed by atoms with van der Waals surface area (Å²) in [5, 5.41) is 12.2. The first-order valence-electron chi connectivity index (χ1n) is 5.46. The molecule has 0 heterocycles. The number of nitrogens with two attached hydrogens (primary N) is 1. The third-order valence-electron chi connectivity index (χ3n) is 2.86. The summed E-state index contributed by atoms with van der Waals surface area (Å²) in [6, 6.07) is 8.04. The molecule has 1 rings (SSSR count). The van der Waals surface area contributed by atoms with Crippen LogP contribution in [0.5, 0.6) is 0 Å². The highest BCUT2D eigenvalue weighted by Crippen LogP contribution is 2.20. The van der Waals surface area contributed by atoms with Gasteiger partial charge in [-0.1, -0.05) is 28.9 Å². The summed E-state index contributed by atoms with van der Waals surface area (Å²) in [4.78, 5) is 2.14. The minimum Gasteiger partial charge on any atom is -0.409 e. The molecule has 1 aromatic carbocycles. The summed E-state index contributed by atoms with van der Waals surface area (Å²) in [5.41, 5.74) is 6.63. The van der Waals surface area contributed by atoms with Crippen LogP contribution in [0.3, 0.4) is 0 Å². The number of halogens is 1. The second kappa shape index (κ2) is 6.47. The molecule has 17 heavy (non-hydrogen) atoms. The van der Waals surface area contributed by atoms with E-state index in [9.17, 15) is 0 Å². The van der Waals surface area contributed by atoms with Gasteiger partial charge in [-0.25, -0.2) is 0 Å². The summed E-state index contributed by atoms with van der Waals surface area (Å²) >= 11 is 5.84. The maximum atomic E-state index is 8.46. The lowest BCUT2D eigenvalue weighted by atomic mass is 10.1. The Morgan fingerprint density at radius 2 is 2.06 bits per heavy atom. The van der Waals surface area contributed by atoms with Gasteiger partial charge in [0.2, 0.25) is 0 Å². The highest BCUT2D eigenvalue weighted by molar-refractivity contribution is 6.30. The van der Waals surface area contributed by atoms with Crippen LogP contribution in [0, 0.1) is 0 Å². The number of amidine groups is 1. The van der Waals surface area contributed by atoms with E-state index in [4.69, 9.17) is 22.5 Å². The Balaban J connectivity index is 2.57. The van der Waals surface area contributed by atoms with E-state index in [2.05, 4.69) is 17.0 Å². The highest BCUT2D eigenvalue weighted by Gasteiger charge is 2.11. The topological polar surface area (TPSA) is 61.8 Å². The highest BCUT2D eigenvalue weighted by atomic mass is 35.5. The zero-order chi connectivity index (χ0) is 12.8. The zero-order valence-corrected chi connectivity index (χ0v) is 10.9. The van der Waals surface area contributed by atoms with Gasteiger partial charge in [-0.05, 0) is 31.7 Å². The third kappa shape index (κ3) is 4.24. The van der Waals surface area contributed by atoms with Gasteiger partial charge >= 0.3 is 0 Å². The molecule has 0 bridgehead atoms. The van der Waals surface area contributed by atoms with Crippen molar-refractivity contribution >= 4 is 17.4 Å². The summed E-state index contributed by atoms with van der Waals surface area (Å²) < 4.78 is 0. The van der Waals surface area contributed by atoms with Crippen molar-refractivity contribution in [1.29, 1.82) is 0 Å². The quantitative estimate of drug-likeness (QED) is 0.368. The van der Waals surface area contributed by atoms with E-state index in [1.54, 1.807) is 0 Å². The standard InChI is InChI=1S/C12H18ClN3O/c1-9(10-3-5-11(13)6-4-10)16(2)8-7-12(14)15-17/h3-6,9,17H,7-8H2,1-2H3,(H2,14,15). The monoisotopic (exact) mass is 255 g/mol. The fourth-order valence-electron chi connectivity index (χ4n) is 1.53. The summed E-state index contributed by atoms with van der Waals surface area (Å²) in [6.07, 6.45) is 0.547. The fourth-order valence-corrected chi connectivity index (χ4v) is 1.66. The van der Waals surface area contributed by atoms with Crippen molar-refractivity contribution in [2.45, 2.75) is 19.4 Å². The van der Waals surface area contributed by atoms with Gasteiger partial charge in [-0.2, -0.15) is 0 Å². The minimum atomic E-state index is 0.250. The fraction of sp³-hybridized carbons (Fsp3) is 0.417. The first-order chi connectivity index (χ1) is 8.04. The second-order valence-corrected chi connectivity index (χ2v) is 4.49. The Bertz CT molecular complexity index is 378. The summed E-state index contributed by atoms with van der Waals surface area (Å²) in [7, 11) is 2.00. The zero-order valence-electron chi connectivity index (χ0n) is 10.1. The van der Waals surface area contributed by atoms with Gasteiger partial charge in [0.15, 0.2) is 0 Å². The Labute approximate surface area is 107 Å². The molecule has 0 aromatic heterocycles. The molecule has 0 aliphatic rings. The minimum absolute atomic E-state index is 0.250. The van der Waals surface area contributed by atoms with E-state index in [0.29, 0.717) is 6.42 Å². The third-order valence-corrected chi connectivity index (χ3v) is 3.11. The SMILES string of the molecule is CC(c1ccc(Cl)cc1)N(C)CCC(N)=NO. The molecule has 0 radical (unpaired) electrons. The van der Waals surface area contributed by atoms with Crippen molar-refractivity contribution in [3.05, 3.63) is 34.9 Å². The van der Waals surface area contributed by atoms with Crippen molar-refractivity contribution in [2.75, 3.05) is 13.6 Å². The molecule has 0 spiro atoms. The predicted octanol–water partition coefficient (Wildman–Crippen LogP) is 2.47. The number of hydrogen-bond acceptors (Lipinski definition) is 3. The average Bonchev–Trinajstić information content (AvgIpc) is 2.35. The van der Waals surface area contributed by atoms with Gasteiger partial charge in [0.05, 0.1) is 0 Å². The first-order valence-corrected chi connectivity index (χ1v) is 5.84. The molecule has 1 atom stereocenters. The van der Waals surface area contributed by atoms with Crippen LogP contribution in [0.4, 0.5) is 0 Å². The normalized spacial score (nSPS) is 14.0. The molecule has 94 valence electrons. The number of benzene rings is 1. The lowest BCUT2D eigenvalue weighted by Gasteiger charge is -2.24. The van der Waals surface area contributed by atoms with E-state index in [-0.39, 0.29) is 11.9 Å². The van der Waals surface area contributed by atoms with E-state index < -0.39 is 0 Å². The van der Waals surface area contributed by atoms with E-state index >= 15 is 0 Å². The average molecular weight is 256 g/mol. The van der Waals surface area contributed by atoms with Crippen molar-refractivity contribution in [1.82, 2.24) is 4.90 Å². The number of oxime groups is 1. The summed E-state index contributed by atoms with van der Waals surface area (Å²) in [5.74, 6) is 0.250. The van der Waals surface area contributed by atoms with Gasteiger partial charge < -0.3 is 10.9 Å². The molecule has 0 aliphatic carbocycles. The summed E-state index contributed by atoms with van der Waals surface area (Å²) in [6.45, 7) is 2.84. The van der Waals surface area contributed by atoms with Gasteiger partial charge in [0.25, 0.3) is 0 Å². The largest absolute Gasteiger partial charge is 0.409 e. The van der Waals surface area contributed by atoms with Crippen LogP contribution in [0.1, 0.15) is 24.9 Å². The molecule has 0 amide bonds. The molecule has 5 heteroatoms. The van der Waals surface area contributed by atoms with Gasteiger partial charge in [0.1, 0.15) is 5.84 Å². The molecule has 0 saturated carbocycles. The molecule has 3 N–H and O–H groups in total. The van der Waals surface area contributed by atoms with Gasteiger partial charge in [-0.3, -0.25) is 4.90 Å². The lowest BCUT2D eigenvalue weighted by molar-refractivity contribution is 0.266. The van der Waals surface area contributed by atoms with Crippen LogP contribution in [0.15, 0.2) is 29.4 Å². The van der Waals surface area contributed by atoms with Crippen LogP contribution < -0.4 is 5.73 Å². The smallest absolute Gasteiger partial charge is 0.140 e. The lowest BCUT2D eigenvalue weighted by Crippen LogP contribution is -2.27. The molecule has 0 saturated heterocycles. The Morgan fingerprint density at radius 1 is 1.47 bits per heavy atom. The first kappa shape index (κ1) is 13.8. The van der Waals surface area contributed by atoms with Crippen LogP contribution in [-0.2, 0) is 0 Å². The van der Waals surface area contributed by atoms with Crippen molar-refractivity contribution < 1.29 is 5.21 Å². The van der Waals surface area contributed by atoms with Crippen LogP contribution in [0.2, 0.25) is 5.02 Å². The molecular formula is C12H18ClN3O. The van der Waals surface area contributed by atoms with Crippen LogP contribution in [-0.4, -0.2) is 29.5 Å². The number of hydrogen-bond donors (Lipinski definition) is 2. The molecule has 1 aromatic rings. The molecule has 0 aliphatic heterocycles. The Kier molecular flexibility index (Phi) is 5.25. The second-order valence-electron chi connectivity index (χ2n) is 4.05. The Hall–Kier alpha value is -1.26. The van der Waals surface area contributed by atoms with E-state index in [1.807, 2.05) is 31.3 Å². The van der Waals surface area contributed by atoms with Gasteiger partial charge in [-0.15, -0.1) is 0 Å². The van der Waals surface area contributed by atoms with Crippen LogP contribution >= 0.6 is 11.6 Å². The Morgan fingerprint density at radius 3 is 2.59 bits per heavy atom.